The van der Waals surface area contributed by atoms with Crippen molar-refractivity contribution in [1.82, 2.24) is 15.1 Å². The normalized spacial score (nSPS) is 12.9. The summed E-state index contributed by atoms with van der Waals surface area (Å²) in [5.41, 5.74) is 3.80. The average Bonchev–Trinajstić information content (AvgIpc) is 3.26. The molecule has 0 atom stereocenters. The standard InChI is InChI=1S/C24H25FN4O2S/c1-29(24(31)17-9-10-22-21(13-17)26-23(30)15-32-22)11-4-2-3-8-19-14-20(28-27-19)16-6-5-7-18(25)12-16/h5-7,9-10,12-14H,2-4,8,11,15H2,1H3,(H,26,30)(H,27,28). The number of aromatic nitrogens is 2. The van der Waals surface area contributed by atoms with Crippen LogP contribution in [0.2, 0.25) is 0 Å². The van der Waals surface area contributed by atoms with E-state index in [1.54, 1.807) is 24.1 Å². The summed E-state index contributed by atoms with van der Waals surface area (Å²) in [4.78, 5) is 27.0. The Kier molecular flexibility index (Phi) is 6.90. The van der Waals surface area contributed by atoms with Gasteiger partial charge in [-0.05, 0) is 55.7 Å². The second kappa shape index (κ2) is 9.99. The third-order valence-corrected chi connectivity index (χ3v) is 6.47. The van der Waals surface area contributed by atoms with Crippen molar-refractivity contribution in [1.29, 1.82) is 0 Å². The van der Waals surface area contributed by atoms with E-state index in [1.807, 2.05) is 24.3 Å². The van der Waals surface area contributed by atoms with Crippen LogP contribution in [0.15, 0.2) is 53.4 Å². The highest BCUT2D eigenvalue weighted by atomic mass is 32.2. The van der Waals surface area contributed by atoms with Crippen LogP contribution in [0.25, 0.3) is 11.3 Å². The van der Waals surface area contributed by atoms with Crippen molar-refractivity contribution < 1.29 is 14.0 Å². The fourth-order valence-corrected chi connectivity index (χ4v) is 4.45. The molecule has 2 amide bonds. The highest BCUT2D eigenvalue weighted by Gasteiger charge is 2.18. The number of thioether (sulfide) groups is 1. The van der Waals surface area contributed by atoms with E-state index in [9.17, 15) is 14.0 Å². The van der Waals surface area contributed by atoms with E-state index in [0.29, 0.717) is 23.5 Å². The van der Waals surface area contributed by atoms with E-state index >= 15 is 0 Å². The van der Waals surface area contributed by atoms with E-state index < -0.39 is 0 Å². The molecule has 0 bridgehead atoms. The number of amides is 2. The molecule has 1 aliphatic rings. The number of fused-ring (bicyclic) bond motifs is 1. The van der Waals surface area contributed by atoms with Gasteiger partial charge in [0.15, 0.2) is 0 Å². The second-order valence-electron chi connectivity index (χ2n) is 7.87. The lowest BCUT2D eigenvalue weighted by Crippen LogP contribution is -2.28. The van der Waals surface area contributed by atoms with Crippen LogP contribution >= 0.6 is 11.8 Å². The zero-order chi connectivity index (χ0) is 22.5. The lowest BCUT2D eigenvalue weighted by atomic mass is 10.1. The summed E-state index contributed by atoms with van der Waals surface area (Å²) < 4.78 is 13.4. The first-order chi connectivity index (χ1) is 15.5. The lowest BCUT2D eigenvalue weighted by molar-refractivity contribution is -0.113. The van der Waals surface area contributed by atoms with Crippen molar-refractivity contribution in [3.05, 3.63) is 65.6 Å². The number of rotatable bonds is 8. The van der Waals surface area contributed by atoms with Crippen molar-refractivity contribution >= 4 is 29.3 Å². The molecule has 0 unspecified atom stereocenters. The topological polar surface area (TPSA) is 78.1 Å². The Morgan fingerprint density at radius 2 is 2.03 bits per heavy atom. The summed E-state index contributed by atoms with van der Waals surface area (Å²) in [5.74, 6) is 0.0432. The van der Waals surface area contributed by atoms with E-state index in [0.717, 1.165) is 47.5 Å². The van der Waals surface area contributed by atoms with E-state index in [4.69, 9.17) is 0 Å². The predicted octanol–water partition coefficient (Wildman–Crippen LogP) is 4.75. The molecule has 2 heterocycles. The maximum absolute atomic E-state index is 13.4. The van der Waals surface area contributed by atoms with Crippen molar-refractivity contribution in [2.75, 3.05) is 24.7 Å². The zero-order valence-electron chi connectivity index (χ0n) is 17.9. The Morgan fingerprint density at radius 3 is 2.88 bits per heavy atom. The van der Waals surface area contributed by atoms with Crippen LogP contribution in [0.5, 0.6) is 0 Å². The van der Waals surface area contributed by atoms with Gasteiger partial charge in [0.1, 0.15) is 5.82 Å². The monoisotopic (exact) mass is 452 g/mol. The highest BCUT2D eigenvalue weighted by molar-refractivity contribution is 8.00. The molecule has 1 aromatic heterocycles. The molecule has 3 aromatic rings. The Labute approximate surface area is 190 Å². The van der Waals surface area contributed by atoms with Gasteiger partial charge in [0.2, 0.25) is 5.91 Å². The second-order valence-corrected chi connectivity index (χ2v) is 8.89. The Hall–Kier alpha value is -3.13. The number of hydrogen-bond donors (Lipinski definition) is 2. The Balaban J connectivity index is 1.22. The first-order valence-corrected chi connectivity index (χ1v) is 11.6. The van der Waals surface area contributed by atoms with Gasteiger partial charge < -0.3 is 10.2 Å². The van der Waals surface area contributed by atoms with Crippen LogP contribution in [-0.4, -0.2) is 46.3 Å². The quantitative estimate of drug-likeness (QED) is 0.484. The average molecular weight is 453 g/mol. The van der Waals surface area contributed by atoms with Crippen molar-refractivity contribution in [3.8, 4) is 11.3 Å². The van der Waals surface area contributed by atoms with Gasteiger partial charge in [-0.3, -0.25) is 14.7 Å². The first kappa shape index (κ1) is 22.1. The maximum Gasteiger partial charge on any atom is 0.253 e. The summed E-state index contributed by atoms with van der Waals surface area (Å²) in [6.07, 6.45) is 3.69. The molecule has 8 heteroatoms. The van der Waals surface area contributed by atoms with Gasteiger partial charge >= 0.3 is 0 Å². The fraction of sp³-hybridized carbons (Fsp3) is 0.292. The number of H-pyrrole nitrogens is 1. The first-order valence-electron chi connectivity index (χ1n) is 10.6. The number of halogens is 1. The largest absolute Gasteiger partial charge is 0.342 e. The molecule has 0 fully saturated rings. The molecule has 4 rings (SSSR count). The Bertz CT molecular complexity index is 1130. The molecule has 166 valence electrons. The summed E-state index contributed by atoms with van der Waals surface area (Å²) >= 11 is 1.48. The van der Waals surface area contributed by atoms with Crippen LogP contribution in [0.1, 0.15) is 35.3 Å². The molecule has 0 saturated heterocycles. The van der Waals surface area contributed by atoms with Gasteiger partial charge in [0, 0.05) is 35.3 Å². The van der Waals surface area contributed by atoms with Gasteiger partial charge in [-0.1, -0.05) is 18.6 Å². The molecule has 1 aliphatic heterocycles. The predicted molar refractivity (Wildman–Crippen MR) is 124 cm³/mol. The van der Waals surface area contributed by atoms with Crippen molar-refractivity contribution in [2.45, 2.75) is 30.6 Å². The van der Waals surface area contributed by atoms with Gasteiger partial charge in [0.25, 0.3) is 5.91 Å². The molecule has 6 nitrogen and oxygen atoms in total. The van der Waals surface area contributed by atoms with Gasteiger partial charge in [-0.25, -0.2) is 4.39 Å². The van der Waals surface area contributed by atoms with Crippen LogP contribution < -0.4 is 5.32 Å². The summed E-state index contributed by atoms with van der Waals surface area (Å²) in [5, 5.41) is 10.1. The number of nitrogens with zero attached hydrogens (tertiary/aromatic N) is 2. The number of hydrogen-bond acceptors (Lipinski definition) is 4. The summed E-state index contributed by atoms with van der Waals surface area (Å²) in [7, 11) is 1.80. The molecule has 0 aliphatic carbocycles. The van der Waals surface area contributed by atoms with Crippen LogP contribution in [0.4, 0.5) is 10.1 Å². The molecule has 0 saturated carbocycles. The van der Waals surface area contributed by atoms with Gasteiger partial charge in [-0.15, -0.1) is 11.8 Å². The third kappa shape index (κ3) is 5.37. The van der Waals surface area contributed by atoms with Gasteiger partial charge in [0.05, 0.1) is 17.1 Å². The zero-order valence-corrected chi connectivity index (χ0v) is 18.7. The number of carbonyl (C=O) groups is 2. The number of benzene rings is 2. The van der Waals surface area contributed by atoms with Crippen LogP contribution in [0, 0.1) is 5.82 Å². The summed E-state index contributed by atoms with van der Waals surface area (Å²) in [6, 6.07) is 13.8. The summed E-state index contributed by atoms with van der Waals surface area (Å²) in [6.45, 7) is 0.661. The third-order valence-electron chi connectivity index (χ3n) is 5.40. The van der Waals surface area contributed by atoms with Crippen LogP contribution in [-0.2, 0) is 11.2 Å². The molecule has 2 N–H and O–H groups in total. The number of carbonyl (C=O) groups excluding carboxylic acids is 2. The number of aryl methyl sites for hydroxylation is 1. The van der Waals surface area contributed by atoms with E-state index in [2.05, 4.69) is 15.5 Å². The molecule has 2 aromatic carbocycles. The Morgan fingerprint density at radius 1 is 1.16 bits per heavy atom. The van der Waals surface area contributed by atoms with E-state index in [-0.39, 0.29) is 17.6 Å². The SMILES string of the molecule is CN(CCCCCc1cc(-c2cccc(F)c2)n[nH]1)C(=O)c1ccc2c(c1)NC(=O)CS2. The number of anilines is 1. The van der Waals surface area contributed by atoms with Crippen LogP contribution in [0.3, 0.4) is 0 Å². The molecule has 0 spiro atoms. The minimum atomic E-state index is -0.273. The lowest BCUT2D eigenvalue weighted by Gasteiger charge is -2.20. The van der Waals surface area contributed by atoms with Crippen molar-refractivity contribution in [3.63, 3.8) is 0 Å². The van der Waals surface area contributed by atoms with Crippen molar-refractivity contribution in [2.24, 2.45) is 0 Å². The molecule has 32 heavy (non-hydrogen) atoms. The van der Waals surface area contributed by atoms with E-state index in [1.165, 1.54) is 23.9 Å². The smallest absolute Gasteiger partial charge is 0.253 e. The molecule has 0 radical (unpaired) electrons. The fourth-order valence-electron chi connectivity index (χ4n) is 3.66. The van der Waals surface area contributed by atoms with Gasteiger partial charge in [-0.2, -0.15) is 5.10 Å². The number of aromatic amines is 1. The number of unbranched alkanes of at least 4 members (excludes halogenated alkanes) is 2. The highest BCUT2D eigenvalue weighted by Crippen LogP contribution is 2.32. The minimum absolute atomic E-state index is 0.0410. The molecular weight excluding hydrogens is 427 g/mol. The molecular formula is C24H25FN4O2S. The minimum Gasteiger partial charge on any atom is -0.342 e. The number of nitrogens with one attached hydrogen (secondary N) is 2. The maximum atomic E-state index is 13.4.